The van der Waals surface area contributed by atoms with Gasteiger partial charge in [0, 0.05) is 0 Å². The molecule has 2 heteroatoms. The van der Waals surface area contributed by atoms with E-state index in [0.29, 0.717) is 6.42 Å². The molecule has 1 aromatic carbocycles. The van der Waals surface area contributed by atoms with Crippen LogP contribution in [0.2, 0.25) is 0 Å². The van der Waals surface area contributed by atoms with Crippen LogP contribution in [-0.2, 0) is 6.42 Å². The standard InChI is InChI=1S/C16H23NO/c1-2-3-4-5-6-7-13-18-16-10-8-9-15(14-16)11-12-17/h8-10,14H,2-7,11,13H2,1H3. The highest BCUT2D eigenvalue weighted by atomic mass is 16.5. The van der Waals surface area contributed by atoms with Crippen LogP contribution in [0.1, 0.15) is 51.0 Å². The van der Waals surface area contributed by atoms with E-state index in [2.05, 4.69) is 13.0 Å². The fourth-order valence-electron chi connectivity index (χ4n) is 1.91. The predicted molar refractivity (Wildman–Crippen MR) is 74.6 cm³/mol. The second-order valence-corrected chi connectivity index (χ2v) is 4.60. The Bertz CT molecular complexity index is 368. The van der Waals surface area contributed by atoms with Gasteiger partial charge >= 0.3 is 0 Å². The minimum absolute atomic E-state index is 0.453. The zero-order chi connectivity index (χ0) is 13.1. The van der Waals surface area contributed by atoms with Gasteiger partial charge in [0.25, 0.3) is 0 Å². The third kappa shape index (κ3) is 6.30. The summed E-state index contributed by atoms with van der Waals surface area (Å²) in [6, 6.07) is 9.97. The van der Waals surface area contributed by atoms with Crippen LogP contribution in [0.4, 0.5) is 0 Å². The number of benzene rings is 1. The first-order valence-electron chi connectivity index (χ1n) is 6.95. The Hall–Kier alpha value is -1.49. The highest BCUT2D eigenvalue weighted by molar-refractivity contribution is 5.29. The lowest BCUT2D eigenvalue weighted by Gasteiger charge is -2.07. The van der Waals surface area contributed by atoms with Crippen LogP contribution >= 0.6 is 0 Å². The van der Waals surface area contributed by atoms with E-state index in [0.717, 1.165) is 24.3 Å². The van der Waals surface area contributed by atoms with Gasteiger partial charge in [-0.05, 0) is 24.1 Å². The molecule has 1 aromatic rings. The number of rotatable bonds is 9. The van der Waals surface area contributed by atoms with Gasteiger partial charge in [-0.25, -0.2) is 0 Å². The van der Waals surface area contributed by atoms with Gasteiger partial charge in [0.2, 0.25) is 0 Å². The first-order chi connectivity index (χ1) is 8.86. The molecule has 0 spiro atoms. The Labute approximate surface area is 111 Å². The van der Waals surface area contributed by atoms with Crippen LogP contribution in [0, 0.1) is 11.3 Å². The van der Waals surface area contributed by atoms with E-state index in [9.17, 15) is 0 Å². The lowest BCUT2D eigenvalue weighted by atomic mass is 10.1. The highest BCUT2D eigenvalue weighted by Crippen LogP contribution is 2.14. The lowest BCUT2D eigenvalue weighted by molar-refractivity contribution is 0.304. The van der Waals surface area contributed by atoms with E-state index in [-0.39, 0.29) is 0 Å². The average molecular weight is 245 g/mol. The molecule has 18 heavy (non-hydrogen) atoms. The van der Waals surface area contributed by atoms with Crippen molar-refractivity contribution in [1.29, 1.82) is 5.26 Å². The molecule has 1 rings (SSSR count). The fourth-order valence-corrected chi connectivity index (χ4v) is 1.91. The summed E-state index contributed by atoms with van der Waals surface area (Å²) in [5.41, 5.74) is 1.03. The highest BCUT2D eigenvalue weighted by Gasteiger charge is 1.97. The molecular formula is C16H23NO. The third-order valence-electron chi connectivity index (χ3n) is 2.95. The van der Waals surface area contributed by atoms with E-state index in [1.54, 1.807) is 0 Å². The summed E-state index contributed by atoms with van der Waals surface area (Å²) in [5, 5.41) is 8.64. The zero-order valence-electron chi connectivity index (χ0n) is 11.3. The van der Waals surface area contributed by atoms with Crippen LogP contribution in [0.15, 0.2) is 24.3 Å². The largest absolute Gasteiger partial charge is 0.494 e. The molecule has 2 nitrogen and oxygen atoms in total. The molecule has 0 bridgehead atoms. The normalized spacial score (nSPS) is 10.0. The van der Waals surface area contributed by atoms with Crippen LogP contribution < -0.4 is 4.74 Å². The van der Waals surface area contributed by atoms with Gasteiger partial charge in [-0.2, -0.15) is 5.26 Å². The van der Waals surface area contributed by atoms with Crippen molar-refractivity contribution in [3.05, 3.63) is 29.8 Å². The van der Waals surface area contributed by atoms with Crippen molar-refractivity contribution in [1.82, 2.24) is 0 Å². The van der Waals surface area contributed by atoms with Crippen LogP contribution in [-0.4, -0.2) is 6.61 Å². The quantitative estimate of drug-likeness (QED) is 0.600. The maximum Gasteiger partial charge on any atom is 0.119 e. The van der Waals surface area contributed by atoms with Crippen LogP contribution in [0.5, 0.6) is 5.75 Å². The molecule has 0 unspecified atom stereocenters. The molecule has 0 fully saturated rings. The van der Waals surface area contributed by atoms with Crippen LogP contribution in [0.25, 0.3) is 0 Å². The number of hydrogen-bond donors (Lipinski definition) is 0. The second-order valence-electron chi connectivity index (χ2n) is 4.60. The molecule has 0 aliphatic heterocycles. The van der Waals surface area contributed by atoms with Crippen molar-refractivity contribution in [2.24, 2.45) is 0 Å². The van der Waals surface area contributed by atoms with Crippen molar-refractivity contribution < 1.29 is 4.74 Å². The van der Waals surface area contributed by atoms with E-state index in [4.69, 9.17) is 10.00 Å². The molecule has 0 radical (unpaired) electrons. The summed E-state index contributed by atoms with van der Waals surface area (Å²) in [7, 11) is 0. The van der Waals surface area contributed by atoms with Gasteiger partial charge in [0.1, 0.15) is 5.75 Å². The summed E-state index contributed by atoms with van der Waals surface area (Å²) in [6.07, 6.45) is 8.11. The van der Waals surface area contributed by atoms with Crippen molar-refractivity contribution in [2.75, 3.05) is 6.61 Å². The van der Waals surface area contributed by atoms with Crippen LogP contribution in [0.3, 0.4) is 0 Å². The number of hydrogen-bond acceptors (Lipinski definition) is 2. The molecule has 0 heterocycles. The molecule has 0 aliphatic carbocycles. The minimum Gasteiger partial charge on any atom is -0.494 e. The molecule has 0 saturated carbocycles. The average Bonchev–Trinajstić information content (AvgIpc) is 2.39. The Kier molecular flexibility index (Phi) is 7.72. The Balaban J connectivity index is 2.15. The molecule has 0 amide bonds. The van der Waals surface area contributed by atoms with Gasteiger partial charge in [-0.15, -0.1) is 0 Å². The maximum atomic E-state index is 8.64. The van der Waals surface area contributed by atoms with E-state index in [1.165, 1.54) is 32.1 Å². The van der Waals surface area contributed by atoms with Gasteiger partial charge in [-0.1, -0.05) is 51.2 Å². The van der Waals surface area contributed by atoms with Gasteiger partial charge in [-0.3, -0.25) is 0 Å². The summed E-state index contributed by atoms with van der Waals surface area (Å²) >= 11 is 0. The van der Waals surface area contributed by atoms with Crippen molar-refractivity contribution in [3.8, 4) is 11.8 Å². The summed E-state index contributed by atoms with van der Waals surface area (Å²) in [6.45, 7) is 3.01. The monoisotopic (exact) mass is 245 g/mol. The topological polar surface area (TPSA) is 33.0 Å². The predicted octanol–water partition coefficient (Wildman–Crippen LogP) is 4.49. The second kappa shape index (κ2) is 9.53. The number of unbranched alkanes of at least 4 members (excludes halogenated alkanes) is 5. The lowest BCUT2D eigenvalue weighted by Crippen LogP contribution is -1.97. The minimum atomic E-state index is 0.453. The van der Waals surface area contributed by atoms with Crippen molar-refractivity contribution in [2.45, 2.75) is 51.9 Å². The molecule has 98 valence electrons. The molecule has 0 saturated heterocycles. The summed E-state index contributed by atoms with van der Waals surface area (Å²) in [5.74, 6) is 0.885. The SMILES string of the molecule is CCCCCCCCOc1cccc(CC#N)c1. The number of nitriles is 1. The number of ether oxygens (including phenoxy) is 1. The van der Waals surface area contributed by atoms with E-state index in [1.807, 2.05) is 24.3 Å². The smallest absolute Gasteiger partial charge is 0.119 e. The molecule has 0 N–H and O–H groups in total. The van der Waals surface area contributed by atoms with Gasteiger partial charge in [0.05, 0.1) is 19.1 Å². The Morgan fingerprint density at radius 2 is 1.89 bits per heavy atom. The van der Waals surface area contributed by atoms with Crippen molar-refractivity contribution in [3.63, 3.8) is 0 Å². The first kappa shape index (κ1) is 14.6. The fraction of sp³-hybridized carbons (Fsp3) is 0.562. The summed E-state index contributed by atoms with van der Waals surface area (Å²) < 4.78 is 5.69. The zero-order valence-corrected chi connectivity index (χ0v) is 11.3. The van der Waals surface area contributed by atoms with E-state index < -0.39 is 0 Å². The Morgan fingerprint density at radius 3 is 2.67 bits per heavy atom. The van der Waals surface area contributed by atoms with Crippen molar-refractivity contribution >= 4 is 0 Å². The molecule has 0 aromatic heterocycles. The molecule has 0 aliphatic rings. The first-order valence-corrected chi connectivity index (χ1v) is 6.95. The molecule has 0 atom stereocenters. The van der Waals surface area contributed by atoms with Gasteiger partial charge in [0.15, 0.2) is 0 Å². The summed E-state index contributed by atoms with van der Waals surface area (Å²) in [4.78, 5) is 0. The van der Waals surface area contributed by atoms with Gasteiger partial charge < -0.3 is 4.74 Å². The number of nitrogens with zero attached hydrogens (tertiary/aromatic N) is 1. The van der Waals surface area contributed by atoms with E-state index >= 15 is 0 Å². The maximum absolute atomic E-state index is 8.64. The Morgan fingerprint density at radius 1 is 1.11 bits per heavy atom. The third-order valence-corrected chi connectivity index (χ3v) is 2.95. The molecular weight excluding hydrogens is 222 g/mol.